The summed E-state index contributed by atoms with van der Waals surface area (Å²) in [7, 11) is 3.60. The number of carbonyl (C=O) groups excluding carboxylic acids is 2. The van der Waals surface area contributed by atoms with Crippen LogP contribution in [0.4, 0.5) is 10.5 Å². The Hall–Kier alpha value is -2.82. The van der Waals surface area contributed by atoms with Crippen LogP contribution in [-0.2, 0) is 11.2 Å². The van der Waals surface area contributed by atoms with Gasteiger partial charge >= 0.3 is 6.03 Å². The van der Waals surface area contributed by atoms with E-state index in [0.29, 0.717) is 6.42 Å². The molecule has 2 aromatic rings. The molecular weight excluding hydrogens is 362 g/mol. The molecule has 1 saturated heterocycles. The predicted molar refractivity (Wildman–Crippen MR) is 117 cm³/mol. The van der Waals surface area contributed by atoms with Crippen molar-refractivity contribution in [2.45, 2.75) is 51.7 Å². The van der Waals surface area contributed by atoms with Crippen LogP contribution in [0, 0.1) is 6.92 Å². The fourth-order valence-electron chi connectivity index (χ4n) is 3.95. The van der Waals surface area contributed by atoms with E-state index in [9.17, 15) is 9.59 Å². The Morgan fingerprint density at radius 1 is 1.07 bits per heavy atom. The van der Waals surface area contributed by atoms with Gasteiger partial charge in [-0.3, -0.25) is 14.6 Å². The topological polar surface area (TPSA) is 43.9 Å². The lowest BCUT2D eigenvalue weighted by Crippen LogP contribution is -2.50. The van der Waals surface area contributed by atoms with Crippen LogP contribution in [0.3, 0.4) is 0 Å². The van der Waals surface area contributed by atoms with Gasteiger partial charge in [-0.1, -0.05) is 61.4 Å². The van der Waals surface area contributed by atoms with E-state index >= 15 is 0 Å². The van der Waals surface area contributed by atoms with Crippen molar-refractivity contribution in [3.63, 3.8) is 0 Å². The number of urea groups is 1. The maximum absolute atomic E-state index is 13.6. The van der Waals surface area contributed by atoms with Crippen LogP contribution in [0.25, 0.3) is 0 Å². The molecule has 2 aromatic carbocycles. The lowest BCUT2D eigenvalue weighted by Gasteiger charge is -2.33. The van der Waals surface area contributed by atoms with E-state index in [-0.39, 0.29) is 18.1 Å². The normalized spacial score (nSPS) is 19.0. The van der Waals surface area contributed by atoms with Crippen molar-refractivity contribution >= 4 is 17.6 Å². The minimum Gasteiger partial charge on any atom is -0.323 e. The fraction of sp³-hybridized carbons (Fsp3) is 0.417. The largest absolute Gasteiger partial charge is 0.326 e. The number of aryl methyl sites for hydroxylation is 1. The first-order valence-electron chi connectivity index (χ1n) is 10.4. The zero-order valence-corrected chi connectivity index (χ0v) is 17.8. The lowest BCUT2D eigenvalue weighted by atomic mass is 10.0. The number of hydrogen-bond donors (Lipinski definition) is 0. The summed E-state index contributed by atoms with van der Waals surface area (Å²) in [6.07, 6.45) is 3.10. The number of amides is 3. The Bertz CT molecular complexity index is 835. The van der Waals surface area contributed by atoms with Crippen molar-refractivity contribution in [3.05, 3.63) is 65.7 Å². The molecule has 154 valence electrons. The first-order valence-corrected chi connectivity index (χ1v) is 10.4. The minimum absolute atomic E-state index is 0.0145. The van der Waals surface area contributed by atoms with Crippen molar-refractivity contribution in [3.8, 4) is 0 Å². The predicted octanol–water partition coefficient (Wildman–Crippen LogP) is 4.45. The van der Waals surface area contributed by atoms with E-state index < -0.39 is 6.04 Å². The van der Waals surface area contributed by atoms with E-state index in [2.05, 4.69) is 6.92 Å². The Balaban J connectivity index is 1.91. The number of carbonyl (C=O) groups is 2. The zero-order valence-electron chi connectivity index (χ0n) is 17.8. The van der Waals surface area contributed by atoms with Gasteiger partial charge in [0.05, 0.1) is 0 Å². The molecule has 3 amide bonds. The van der Waals surface area contributed by atoms with Crippen LogP contribution in [0.2, 0.25) is 0 Å². The number of nitrogens with zero attached hydrogens (tertiary/aromatic N) is 3. The average molecular weight is 394 g/mol. The highest BCUT2D eigenvalue weighted by Gasteiger charge is 2.47. The van der Waals surface area contributed by atoms with Crippen LogP contribution in [-0.4, -0.2) is 48.0 Å². The van der Waals surface area contributed by atoms with Gasteiger partial charge in [-0.15, -0.1) is 0 Å². The average Bonchev–Trinajstić information content (AvgIpc) is 2.97. The van der Waals surface area contributed by atoms with E-state index in [4.69, 9.17) is 0 Å². The molecule has 1 aliphatic heterocycles. The van der Waals surface area contributed by atoms with Gasteiger partial charge in [-0.25, -0.2) is 4.79 Å². The molecular formula is C24H31N3O2. The van der Waals surface area contributed by atoms with Gasteiger partial charge in [0.15, 0.2) is 0 Å². The molecule has 0 aromatic heterocycles. The quantitative estimate of drug-likeness (QED) is 0.728. The molecule has 0 aliphatic carbocycles. The van der Waals surface area contributed by atoms with Gasteiger partial charge in [-0.05, 0) is 37.5 Å². The fourth-order valence-corrected chi connectivity index (χ4v) is 3.95. The van der Waals surface area contributed by atoms with Crippen molar-refractivity contribution in [2.75, 3.05) is 19.0 Å². The molecule has 0 unspecified atom stereocenters. The maximum Gasteiger partial charge on any atom is 0.326 e. The SMILES string of the molecule is CCCC[C@@H]1N(C)C(=O)[C@H](Cc2ccccc2)N1C(=O)N(C)c1ccc(C)cc1. The summed E-state index contributed by atoms with van der Waals surface area (Å²) < 4.78 is 0. The molecule has 5 heteroatoms. The Labute approximate surface area is 173 Å². The second-order valence-corrected chi connectivity index (χ2v) is 7.86. The van der Waals surface area contributed by atoms with E-state index in [0.717, 1.165) is 36.1 Å². The van der Waals surface area contributed by atoms with E-state index in [1.54, 1.807) is 21.7 Å². The van der Waals surface area contributed by atoms with E-state index in [1.807, 2.05) is 68.6 Å². The number of anilines is 1. The van der Waals surface area contributed by atoms with E-state index in [1.165, 1.54) is 0 Å². The molecule has 0 bridgehead atoms. The molecule has 5 nitrogen and oxygen atoms in total. The van der Waals surface area contributed by atoms with Crippen LogP contribution >= 0.6 is 0 Å². The highest BCUT2D eigenvalue weighted by atomic mass is 16.2. The molecule has 0 spiro atoms. The molecule has 1 heterocycles. The number of benzene rings is 2. The Morgan fingerprint density at radius 3 is 2.34 bits per heavy atom. The molecule has 0 saturated carbocycles. The smallest absolute Gasteiger partial charge is 0.323 e. The number of hydrogen-bond acceptors (Lipinski definition) is 2. The second-order valence-electron chi connectivity index (χ2n) is 7.86. The standard InChI is InChI=1S/C24H31N3O2/c1-5-6-12-22-26(4)23(28)21(17-19-10-8-7-9-11-19)27(22)24(29)25(3)20-15-13-18(2)14-16-20/h7-11,13-16,21-22H,5-6,12,17H2,1-4H3/t21-,22+/m0/s1. The summed E-state index contributed by atoms with van der Waals surface area (Å²) in [5.74, 6) is 0.0145. The van der Waals surface area contributed by atoms with Crippen molar-refractivity contribution < 1.29 is 9.59 Å². The van der Waals surface area contributed by atoms with Gasteiger partial charge in [0.1, 0.15) is 12.2 Å². The van der Waals surface area contributed by atoms with Gasteiger partial charge < -0.3 is 4.90 Å². The summed E-state index contributed by atoms with van der Waals surface area (Å²) in [6.45, 7) is 4.15. The Kier molecular flexibility index (Phi) is 6.57. The van der Waals surface area contributed by atoms with Gasteiger partial charge in [0.25, 0.3) is 0 Å². The molecule has 1 aliphatic rings. The van der Waals surface area contributed by atoms with Crippen LogP contribution in [0.1, 0.15) is 37.3 Å². The molecule has 0 N–H and O–H groups in total. The number of likely N-dealkylation sites (N-methyl/N-ethyl adjacent to an activating group) is 1. The van der Waals surface area contributed by atoms with Crippen molar-refractivity contribution in [1.29, 1.82) is 0 Å². The maximum atomic E-state index is 13.6. The first-order chi connectivity index (χ1) is 13.9. The summed E-state index contributed by atoms with van der Waals surface area (Å²) in [4.78, 5) is 31.9. The third kappa shape index (κ3) is 4.44. The summed E-state index contributed by atoms with van der Waals surface area (Å²) in [5.41, 5.74) is 3.04. The highest BCUT2D eigenvalue weighted by Crippen LogP contribution is 2.29. The molecule has 2 atom stereocenters. The van der Waals surface area contributed by atoms with Gasteiger partial charge in [0.2, 0.25) is 5.91 Å². The highest BCUT2D eigenvalue weighted by molar-refractivity contribution is 5.97. The second kappa shape index (κ2) is 9.12. The number of unbranched alkanes of at least 4 members (excludes halogenated alkanes) is 1. The zero-order chi connectivity index (χ0) is 21.0. The molecule has 29 heavy (non-hydrogen) atoms. The summed E-state index contributed by atoms with van der Waals surface area (Å²) >= 11 is 0. The van der Waals surface area contributed by atoms with Crippen LogP contribution in [0.5, 0.6) is 0 Å². The third-order valence-corrected chi connectivity index (χ3v) is 5.75. The first kappa shape index (κ1) is 20.9. The Morgan fingerprint density at radius 2 is 1.72 bits per heavy atom. The van der Waals surface area contributed by atoms with Crippen LogP contribution in [0.15, 0.2) is 54.6 Å². The van der Waals surface area contributed by atoms with Gasteiger partial charge in [0, 0.05) is 26.2 Å². The number of rotatable bonds is 6. The van der Waals surface area contributed by atoms with Crippen molar-refractivity contribution in [1.82, 2.24) is 9.80 Å². The molecule has 0 radical (unpaired) electrons. The molecule has 3 rings (SSSR count). The van der Waals surface area contributed by atoms with Gasteiger partial charge in [-0.2, -0.15) is 0 Å². The summed E-state index contributed by atoms with van der Waals surface area (Å²) in [6, 6.07) is 17.2. The summed E-state index contributed by atoms with van der Waals surface area (Å²) in [5, 5.41) is 0. The van der Waals surface area contributed by atoms with Crippen molar-refractivity contribution in [2.24, 2.45) is 0 Å². The third-order valence-electron chi connectivity index (χ3n) is 5.75. The minimum atomic E-state index is -0.482. The van der Waals surface area contributed by atoms with Crippen LogP contribution < -0.4 is 4.90 Å². The molecule has 1 fully saturated rings. The lowest BCUT2D eigenvalue weighted by molar-refractivity contribution is -0.128. The monoisotopic (exact) mass is 393 g/mol.